The SMILES string of the molecule is C=C(C)CC1CCOc2c(COC)cc(OCc3ccccc3)cc21. The number of hydrogen-bond acceptors (Lipinski definition) is 3. The van der Waals surface area contributed by atoms with E-state index in [1.165, 1.54) is 11.1 Å². The molecule has 0 aromatic heterocycles. The Balaban J connectivity index is 1.88. The van der Waals surface area contributed by atoms with E-state index in [0.29, 0.717) is 19.1 Å². The largest absolute Gasteiger partial charge is 0.493 e. The van der Waals surface area contributed by atoms with Crippen molar-refractivity contribution < 1.29 is 14.2 Å². The standard InChI is InChI=1S/C22H26O3/c1-16(2)11-18-9-10-24-22-19(15-23-3)12-20(13-21(18)22)25-14-17-7-5-4-6-8-17/h4-8,12-13,18H,1,9-11,14-15H2,2-3H3. The Bertz CT molecular complexity index is 722. The molecule has 3 heteroatoms. The molecule has 0 saturated carbocycles. The first-order valence-corrected chi connectivity index (χ1v) is 8.77. The van der Waals surface area contributed by atoms with Gasteiger partial charge in [0, 0.05) is 18.2 Å². The maximum Gasteiger partial charge on any atom is 0.128 e. The van der Waals surface area contributed by atoms with E-state index in [1.807, 2.05) is 24.3 Å². The second-order valence-electron chi connectivity index (χ2n) is 6.70. The highest BCUT2D eigenvalue weighted by atomic mass is 16.5. The monoisotopic (exact) mass is 338 g/mol. The molecule has 1 aliphatic heterocycles. The minimum atomic E-state index is 0.428. The third kappa shape index (κ3) is 4.43. The molecule has 2 aromatic carbocycles. The summed E-state index contributed by atoms with van der Waals surface area (Å²) < 4.78 is 17.4. The van der Waals surface area contributed by atoms with Crippen molar-refractivity contribution in [1.82, 2.24) is 0 Å². The number of allylic oxidation sites excluding steroid dienone is 1. The van der Waals surface area contributed by atoms with Crippen LogP contribution in [0.4, 0.5) is 0 Å². The van der Waals surface area contributed by atoms with Crippen molar-refractivity contribution in [1.29, 1.82) is 0 Å². The lowest BCUT2D eigenvalue weighted by Crippen LogP contribution is -2.16. The van der Waals surface area contributed by atoms with E-state index in [4.69, 9.17) is 14.2 Å². The fraction of sp³-hybridized carbons (Fsp3) is 0.364. The third-order valence-electron chi connectivity index (χ3n) is 4.46. The second-order valence-corrected chi connectivity index (χ2v) is 6.70. The van der Waals surface area contributed by atoms with Gasteiger partial charge in [-0.25, -0.2) is 0 Å². The molecule has 0 aliphatic carbocycles. The molecule has 0 spiro atoms. The van der Waals surface area contributed by atoms with Crippen LogP contribution in [0.15, 0.2) is 54.6 Å². The van der Waals surface area contributed by atoms with E-state index in [9.17, 15) is 0 Å². The molecule has 132 valence electrons. The van der Waals surface area contributed by atoms with E-state index in [2.05, 4.69) is 31.7 Å². The van der Waals surface area contributed by atoms with Gasteiger partial charge in [0.1, 0.15) is 18.1 Å². The van der Waals surface area contributed by atoms with Crippen LogP contribution >= 0.6 is 0 Å². The lowest BCUT2D eigenvalue weighted by molar-refractivity contribution is 0.176. The van der Waals surface area contributed by atoms with Gasteiger partial charge in [0.25, 0.3) is 0 Å². The summed E-state index contributed by atoms with van der Waals surface area (Å²) >= 11 is 0. The first-order chi connectivity index (χ1) is 12.2. The number of fused-ring (bicyclic) bond motifs is 1. The zero-order chi connectivity index (χ0) is 17.6. The van der Waals surface area contributed by atoms with Crippen LogP contribution in [0, 0.1) is 0 Å². The Hall–Kier alpha value is -2.26. The predicted molar refractivity (Wildman–Crippen MR) is 100 cm³/mol. The number of methoxy groups -OCH3 is 1. The van der Waals surface area contributed by atoms with Gasteiger partial charge in [0.2, 0.25) is 0 Å². The summed E-state index contributed by atoms with van der Waals surface area (Å²) in [6.07, 6.45) is 1.99. The minimum absolute atomic E-state index is 0.428. The smallest absolute Gasteiger partial charge is 0.128 e. The van der Waals surface area contributed by atoms with Crippen molar-refractivity contribution in [3.8, 4) is 11.5 Å². The normalized spacial score (nSPS) is 16.0. The molecule has 25 heavy (non-hydrogen) atoms. The fourth-order valence-electron chi connectivity index (χ4n) is 3.34. The van der Waals surface area contributed by atoms with Crippen molar-refractivity contribution in [3.05, 3.63) is 71.3 Å². The van der Waals surface area contributed by atoms with Crippen LogP contribution in [0.3, 0.4) is 0 Å². The molecule has 0 N–H and O–H groups in total. The van der Waals surface area contributed by atoms with Crippen LogP contribution in [0.1, 0.15) is 42.4 Å². The fourth-order valence-corrected chi connectivity index (χ4v) is 3.34. The van der Waals surface area contributed by atoms with Crippen molar-refractivity contribution in [3.63, 3.8) is 0 Å². The zero-order valence-electron chi connectivity index (χ0n) is 15.1. The molecular formula is C22H26O3. The van der Waals surface area contributed by atoms with Gasteiger partial charge in [-0.3, -0.25) is 0 Å². The topological polar surface area (TPSA) is 27.7 Å². The quantitative estimate of drug-likeness (QED) is 0.646. The van der Waals surface area contributed by atoms with Crippen molar-refractivity contribution in [2.75, 3.05) is 13.7 Å². The highest BCUT2D eigenvalue weighted by molar-refractivity contribution is 5.50. The lowest BCUT2D eigenvalue weighted by atomic mass is 9.86. The van der Waals surface area contributed by atoms with Crippen LogP contribution in [-0.2, 0) is 18.0 Å². The molecule has 2 aromatic rings. The molecule has 1 unspecified atom stereocenters. The summed E-state index contributed by atoms with van der Waals surface area (Å²) in [5.74, 6) is 2.26. The summed E-state index contributed by atoms with van der Waals surface area (Å²) in [5, 5.41) is 0. The number of hydrogen-bond donors (Lipinski definition) is 0. The number of benzene rings is 2. The molecule has 0 fully saturated rings. The van der Waals surface area contributed by atoms with Gasteiger partial charge in [-0.05, 0) is 43.4 Å². The summed E-state index contributed by atoms with van der Waals surface area (Å²) in [6, 6.07) is 14.4. The molecule has 0 radical (unpaired) electrons. The van der Waals surface area contributed by atoms with Gasteiger partial charge < -0.3 is 14.2 Å². The van der Waals surface area contributed by atoms with Gasteiger partial charge >= 0.3 is 0 Å². The maximum atomic E-state index is 6.06. The molecule has 0 bridgehead atoms. The highest BCUT2D eigenvalue weighted by Gasteiger charge is 2.25. The van der Waals surface area contributed by atoms with Crippen LogP contribution in [0.2, 0.25) is 0 Å². The van der Waals surface area contributed by atoms with E-state index < -0.39 is 0 Å². The second kappa shape index (κ2) is 8.21. The van der Waals surface area contributed by atoms with Crippen molar-refractivity contribution >= 4 is 0 Å². The van der Waals surface area contributed by atoms with Gasteiger partial charge in [0.15, 0.2) is 0 Å². The van der Waals surface area contributed by atoms with Crippen LogP contribution in [0.5, 0.6) is 11.5 Å². The Morgan fingerprint density at radius 3 is 2.72 bits per heavy atom. The third-order valence-corrected chi connectivity index (χ3v) is 4.46. The van der Waals surface area contributed by atoms with E-state index in [-0.39, 0.29) is 0 Å². The average molecular weight is 338 g/mol. The number of ether oxygens (including phenoxy) is 3. The Morgan fingerprint density at radius 2 is 2.00 bits per heavy atom. The Kier molecular flexibility index (Phi) is 5.77. The zero-order valence-corrected chi connectivity index (χ0v) is 15.1. The van der Waals surface area contributed by atoms with Gasteiger partial charge in [-0.1, -0.05) is 35.9 Å². The Labute approximate surface area is 150 Å². The van der Waals surface area contributed by atoms with Crippen molar-refractivity contribution in [2.45, 2.75) is 38.9 Å². The predicted octanol–water partition coefficient (Wildman–Crippen LogP) is 5.24. The summed E-state index contributed by atoms with van der Waals surface area (Å²) in [7, 11) is 1.71. The summed E-state index contributed by atoms with van der Waals surface area (Å²) in [4.78, 5) is 0. The summed E-state index contributed by atoms with van der Waals surface area (Å²) in [5.41, 5.74) is 4.62. The summed E-state index contributed by atoms with van der Waals surface area (Å²) in [6.45, 7) is 7.98. The molecule has 0 saturated heterocycles. The molecule has 1 heterocycles. The van der Waals surface area contributed by atoms with Crippen LogP contribution in [-0.4, -0.2) is 13.7 Å². The lowest BCUT2D eigenvalue weighted by Gasteiger charge is -2.28. The maximum absolute atomic E-state index is 6.06. The molecule has 1 aliphatic rings. The molecule has 1 atom stereocenters. The molecule has 0 amide bonds. The molecular weight excluding hydrogens is 312 g/mol. The van der Waals surface area contributed by atoms with Gasteiger partial charge in [-0.15, -0.1) is 6.58 Å². The first kappa shape index (κ1) is 17.6. The van der Waals surface area contributed by atoms with Gasteiger partial charge in [-0.2, -0.15) is 0 Å². The van der Waals surface area contributed by atoms with Crippen molar-refractivity contribution in [2.24, 2.45) is 0 Å². The number of rotatable bonds is 7. The van der Waals surface area contributed by atoms with Crippen LogP contribution < -0.4 is 9.47 Å². The van der Waals surface area contributed by atoms with Gasteiger partial charge in [0.05, 0.1) is 13.2 Å². The highest BCUT2D eigenvalue weighted by Crippen LogP contribution is 2.42. The van der Waals surface area contributed by atoms with E-state index in [1.54, 1.807) is 7.11 Å². The average Bonchev–Trinajstić information content (AvgIpc) is 2.61. The van der Waals surface area contributed by atoms with E-state index in [0.717, 1.165) is 42.1 Å². The Morgan fingerprint density at radius 1 is 1.20 bits per heavy atom. The molecule has 3 nitrogen and oxygen atoms in total. The molecule has 3 rings (SSSR count). The minimum Gasteiger partial charge on any atom is -0.493 e. The first-order valence-electron chi connectivity index (χ1n) is 8.77. The van der Waals surface area contributed by atoms with Crippen LogP contribution in [0.25, 0.3) is 0 Å². The van der Waals surface area contributed by atoms with E-state index >= 15 is 0 Å².